The van der Waals surface area contributed by atoms with Gasteiger partial charge in [-0.1, -0.05) is 30.3 Å². The van der Waals surface area contributed by atoms with Crippen LogP contribution in [0.15, 0.2) is 72.1 Å². The number of aromatic nitrogens is 2. The zero-order valence-electron chi connectivity index (χ0n) is 16.6. The van der Waals surface area contributed by atoms with Crippen molar-refractivity contribution < 1.29 is 19.1 Å². The number of Topliss-reactive ketones (excluding diaryl/α,β-unsaturated/α-hetero) is 1. The highest BCUT2D eigenvalue weighted by atomic mass is 16.5. The smallest absolute Gasteiger partial charge is 0.347 e. The molecule has 0 saturated heterocycles. The zero-order chi connectivity index (χ0) is 21.1. The highest BCUT2D eigenvalue weighted by molar-refractivity contribution is 6.26. The van der Waals surface area contributed by atoms with E-state index in [9.17, 15) is 9.59 Å². The maximum absolute atomic E-state index is 13.0. The lowest BCUT2D eigenvalue weighted by molar-refractivity contribution is -0.139. The van der Waals surface area contributed by atoms with Gasteiger partial charge in [0.25, 0.3) is 0 Å². The van der Waals surface area contributed by atoms with Crippen molar-refractivity contribution in [1.29, 1.82) is 0 Å². The van der Waals surface area contributed by atoms with Crippen molar-refractivity contribution in [2.24, 2.45) is 0 Å². The second kappa shape index (κ2) is 8.24. The van der Waals surface area contributed by atoms with Crippen molar-refractivity contribution in [2.75, 3.05) is 6.61 Å². The number of pyridine rings is 1. The van der Waals surface area contributed by atoms with E-state index in [2.05, 4.69) is 15.3 Å². The fraction of sp³-hybridized carbons (Fsp3) is 0.174. The number of ketones is 1. The first-order chi connectivity index (χ1) is 14.6. The molecule has 3 aromatic rings. The normalized spacial score (nSPS) is 16.1. The maximum atomic E-state index is 13.0. The van der Waals surface area contributed by atoms with Crippen molar-refractivity contribution in [3.8, 4) is 0 Å². The number of aromatic amines is 1. The first-order valence-electron chi connectivity index (χ1n) is 9.67. The van der Waals surface area contributed by atoms with Crippen molar-refractivity contribution in [3.63, 3.8) is 0 Å². The SMILES string of the molecule is CCOC(=O)C1=C(NC(C)c2ccccc2)OC(=Cc2c[nH]c3ncccc23)C1=O. The molecule has 0 spiro atoms. The largest absolute Gasteiger partial charge is 0.462 e. The number of ether oxygens (including phenoxy) is 2. The third kappa shape index (κ3) is 3.69. The van der Waals surface area contributed by atoms with E-state index in [4.69, 9.17) is 9.47 Å². The van der Waals surface area contributed by atoms with Crippen LogP contribution >= 0.6 is 0 Å². The lowest BCUT2D eigenvalue weighted by Gasteiger charge is -2.16. The van der Waals surface area contributed by atoms with Crippen LogP contribution in [0.4, 0.5) is 0 Å². The van der Waals surface area contributed by atoms with Crippen LogP contribution in [-0.2, 0) is 19.1 Å². The highest BCUT2D eigenvalue weighted by Crippen LogP contribution is 2.29. The molecule has 2 N–H and O–H groups in total. The average Bonchev–Trinajstić information content (AvgIpc) is 3.30. The van der Waals surface area contributed by atoms with Gasteiger partial charge in [0.1, 0.15) is 5.65 Å². The Morgan fingerprint density at radius 3 is 2.83 bits per heavy atom. The lowest BCUT2D eigenvalue weighted by Crippen LogP contribution is -2.22. The summed E-state index contributed by atoms with van der Waals surface area (Å²) < 4.78 is 10.9. The number of allylic oxidation sites excluding steroid dienone is 1. The van der Waals surface area contributed by atoms with E-state index < -0.39 is 11.8 Å². The maximum Gasteiger partial charge on any atom is 0.347 e. The Bertz CT molecular complexity index is 1160. The number of benzene rings is 1. The van der Waals surface area contributed by atoms with Crippen LogP contribution in [0.1, 0.15) is 31.0 Å². The van der Waals surface area contributed by atoms with Crippen molar-refractivity contribution in [3.05, 3.63) is 83.2 Å². The summed E-state index contributed by atoms with van der Waals surface area (Å²) in [6.07, 6.45) is 5.02. The zero-order valence-corrected chi connectivity index (χ0v) is 16.6. The Hall–Kier alpha value is -3.87. The predicted molar refractivity (Wildman–Crippen MR) is 112 cm³/mol. The third-order valence-electron chi connectivity index (χ3n) is 4.79. The molecule has 1 aliphatic heterocycles. The molecule has 0 amide bonds. The molecule has 3 heterocycles. The quantitative estimate of drug-likeness (QED) is 0.371. The average molecular weight is 403 g/mol. The molecule has 1 atom stereocenters. The monoisotopic (exact) mass is 403 g/mol. The molecule has 7 nitrogen and oxygen atoms in total. The number of carbonyl (C=O) groups excluding carboxylic acids is 2. The minimum Gasteiger partial charge on any atom is -0.462 e. The first-order valence-corrected chi connectivity index (χ1v) is 9.67. The number of nitrogens with one attached hydrogen (secondary N) is 2. The van der Waals surface area contributed by atoms with Crippen LogP contribution in [0.2, 0.25) is 0 Å². The second-order valence-electron chi connectivity index (χ2n) is 6.78. The molecule has 7 heteroatoms. The summed E-state index contributed by atoms with van der Waals surface area (Å²) in [4.78, 5) is 32.8. The molecule has 2 aromatic heterocycles. The fourth-order valence-electron chi connectivity index (χ4n) is 3.28. The second-order valence-corrected chi connectivity index (χ2v) is 6.78. The van der Waals surface area contributed by atoms with Crippen molar-refractivity contribution in [1.82, 2.24) is 15.3 Å². The summed E-state index contributed by atoms with van der Waals surface area (Å²) in [5, 5.41) is 3.98. The van der Waals surface area contributed by atoms with E-state index in [1.807, 2.05) is 49.4 Å². The molecular formula is C23H21N3O4. The molecule has 0 radical (unpaired) electrons. The van der Waals surface area contributed by atoms with Gasteiger partial charge in [-0.05, 0) is 37.6 Å². The molecule has 0 aliphatic carbocycles. The van der Waals surface area contributed by atoms with Crippen LogP contribution in [0.3, 0.4) is 0 Å². The van der Waals surface area contributed by atoms with Crippen molar-refractivity contribution in [2.45, 2.75) is 19.9 Å². The number of rotatable bonds is 6. The number of nitrogens with zero attached hydrogens (tertiary/aromatic N) is 1. The first kappa shape index (κ1) is 19.4. The minimum absolute atomic E-state index is 0.0468. The molecule has 1 unspecified atom stereocenters. The van der Waals surface area contributed by atoms with E-state index in [1.54, 1.807) is 25.4 Å². The topological polar surface area (TPSA) is 93.3 Å². The van der Waals surface area contributed by atoms with Crippen LogP contribution in [0.25, 0.3) is 17.1 Å². The van der Waals surface area contributed by atoms with Crippen molar-refractivity contribution >= 4 is 28.9 Å². The van der Waals surface area contributed by atoms with Gasteiger partial charge in [0.15, 0.2) is 11.3 Å². The van der Waals surface area contributed by atoms with Gasteiger partial charge in [-0.15, -0.1) is 0 Å². The number of fused-ring (bicyclic) bond motifs is 1. The molecule has 4 rings (SSSR count). The standard InChI is InChI=1S/C23H21N3O4/c1-3-29-23(28)19-20(27)18(12-16-13-25-21-17(16)10-7-11-24-21)30-22(19)26-14(2)15-8-5-4-6-9-15/h4-14,26H,3H2,1-2H3,(H,24,25). The highest BCUT2D eigenvalue weighted by Gasteiger charge is 2.37. The molecule has 0 bridgehead atoms. The minimum atomic E-state index is -0.714. The molecule has 0 fully saturated rings. The van der Waals surface area contributed by atoms with E-state index in [1.165, 1.54) is 0 Å². The molecule has 1 aliphatic rings. The van der Waals surface area contributed by atoms with Crippen LogP contribution in [0.5, 0.6) is 0 Å². The molecule has 1 aromatic carbocycles. The van der Waals surface area contributed by atoms with E-state index in [0.717, 1.165) is 16.5 Å². The fourth-order valence-corrected chi connectivity index (χ4v) is 3.28. The summed E-state index contributed by atoms with van der Waals surface area (Å²) in [6.45, 7) is 3.77. The molecular weight excluding hydrogens is 382 g/mol. The number of hydrogen-bond acceptors (Lipinski definition) is 6. The lowest BCUT2D eigenvalue weighted by atomic mass is 10.1. The predicted octanol–water partition coefficient (Wildman–Crippen LogP) is 3.63. The number of esters is 1. The van der Waals surface area contributed by atoms with Gasteiger partial charge in [-0.25, -0.2) is 9.78 Å². The van der Waals surface area contributed by atoms with E-state index in [0.29, 0.717) is 5.65 Å². The van der Waals surface area contributed by atoms with Gasteiger partial charge in [0, 0.05) is 23.3 Å². The summed E-state index contributed by atoms with van der Waals surface area (Å²) >= 11 is 0. The van der Waals surface area contributed by atoms with Gasteiger partial charge in [-0.2, -0.15) is 0 Å². The van der Waals surface area contributed by atoms with Crippen LogP contribution < -0.4 is 5.32 Å². The number of hydrogen-bond donors (Lipinski definition) is 2. The molecule has 30 heavy (non-hydrogen) atoms. The summed E-state index contributed by atoms with van der Waals surface area (Å²) in [7, 11) is 0. The summed E-state index contributed by atoms with van der Waals surface area (Å²) in [6, 6.07) is 13.2. The Kier molecular flexibility index (Phi) is 5.34. The number of H-pyrrole nitrogens is 1. The Morgan fingerprint density at radius 1 is 1.27 bits per heavy atom. The number of carbonyl (C=O) groups is 2. The van der Waals surface area contributed by atoms with Crippen LogP contribution in [-0.4, -0.2) is 28.3 Å². The third-order valence-corrected chi connectivity index (χ3v) is 4.79. The Morgan fingerprint density at radius 2 is 2.07 bits per heavy atom. The summed E-state index contributed by atoms with van der Waals surface area (Å²) in [5.41, 5.74) is 2.29. The van der Waals surface area contributed by atoms with E-state index >= 15 is 0 Å². The van der Waals surface area contributed by atoms with Gasteiger partial charge in [0.2, 0.25) is 11.7 Å². The van der Waals surface area contributed by atoms with Gasteiger partial charge < -0.3 is 19.8 Å². The summed E-state index contributed by atoms with van der Waals surface area (Å²) in [5.74, 6) is -1.09. The molecule has 152 valence electrons. The van der Waals surface area contributed by atoms with Gasteiger partial charge in [0.05, 0.1) is 12.6 Å². The van der Waals surface area contributed by atoms with E-state index in [-0.39, 0.29) is 29.9 Å². The van der Waals surface area contributed by atoms with Gasteiger partial charge in [-0.3, -0.25) is 4.79 Å². The molecule has 0 saturated carbocycles. The van der Waals surface area contributed by atoms with Gasteiger partial charge >= 0.3 is 5.97 Å². The Labute approximate surface area is 173 Å². The van der Waals surface area contributed by atoms with Crippen LogP contribution in [0, 0.1) is 0 Å². The Balaban J connectivity index is 1.67.